The maximum atomic E-state index is 8.76. The van der Waals surface area contributed by atoms with Gasteiger partial charge >= 0.3 is 0 Å². The second-order valence-electron chi connectivity index (χ2n) is 6.39. The number of aliphatic hydroxyl groups excluding tert-OH is 1. The number of para-hydroxylation sites is 1. The van der Waals surface area contributed by atoms with Crippen molar-refractivity contribution in [1.82, 2.24) is 4.90 Å². The number of thiophene rings is 1. The maximum Gasteiger partial charge on any atom is 0.104 e. The van der Waals surface area contributed by atoms with Crippen LogP contribution in [0.5, 0.6) is 0 Å². The molecule has 3 nitrogen and oxygen atoms in total. The number of hydrogen-bond acceptors (Lipinski definition) is 4. The highest BCUT2D eigenvalue weighted by atomic mass is 32.1. The van der Waals surface area contributed by atoms with Crippen molar-refractivity contribution in [3.63, 3.8) is 0 Å². The molecular weight excluding hydrogens is 316 g/mol. The zero-order valence-electron chi connectivity index (χ0n) is 14.1. The summed E-state index contributed by atoms with van der Waals surface area (Å²) >= 11 is 1.75. The van der Waals surface area contributed by atoms with Crippen molar-refractivity contribution >= 4 is 17.0 Å². The molecule has 0 aliphatic carbocycles. The van der Waals surface area contributed by atoms with Crippen molar-refractivity contribution in [3.05, 3.63) is 52.2 Å². The van der Waals surface area contributed by atoms with Crippen LogP contribution in [0.15, 0.2) is 41.8 Å². The predicted molar refractivity (Wildman–Crippen MR) is 101 cm³/mol. The molecule has 0 amide bonds. The van der Waals surface area contributed by atoms with Gasteiger partial charge in [0.25, 0.3) is 0 Å². The van der Waals surface area contributed by atoms with Gasteiger partial charge in [-0.1, -0.05) is 30.0 Å². The third-order valence-corrected chi connectivity index (χ3v) is 5.29. The highest BCUT2D eigenvalue weighted by Crippen LogP contribution is 2.24. The molecule has 0 spiro atoms. The molecule has 1 N–H and O–H groups in total. The van der Waals surface area contributed by atoms with E-state index < -0.39 is 0 Å². The fourth-order valence-electron chi connectivity index (χ4n) is 3.30. The van der Waals surface area contributed by atoms with Crippen LogP contribution in [0.4, 0.5) is 5.69 Å². The van der Waals surface area contributed by atoms with E-state index in [0.717, 1.165) is 37.7 Å². The minimum atomic E-state index is -0.0787. The molecule has 1 aromatic carbocycles. The van der Waals surface area contributed by atoms with Crippen LogP contribution in [0.1, 0.15) is 16.9 Å². The van der Waals surface area contributed by atoms with Crippen molar-refractivity contribution in [2.75, 3.05) is 38.2 Å². The zero-order chi connectivity index (χ0) is 16.8. The van der Waals surface area contributed by atoms with Gasteiger partial charge in [-0.15, -0.1) is 11.3 Å². The van der Waals surface area contributed by atoms with E-state index in [9.17, 15) is 0 Å². The van der Waals surface area contributed by atoms with E-state index >= 15 is 0 Å². The van der Waals surface area contributed by atoms with Crippen molar-refractivity contribution < 1.29 is 5.11 Å². The number of anilines is 1. The van der Waals surface area contributed by atoms with Crippen molar-refractivity contribution in [3.8, 4) is 11.8 Å². The molecule has 1 aliphatic rings. The molecule has 1 atom stereocenters. The first-order valence-electron chi connectivity index (χ1n) is 8.40. The van der Waals surface area contributed by atoms with Crippen LogP contribution in [0.2, 0.25) is 0 Å². The van der Waals surface area contributed by atoms with Crippen LogP contribution in [0, 0.1) is 17.8 Å². The SMILES string of the molecule is CN(Cc1cc(C#CCO)cs1)CC1CCN(c2ccccc2)C1. The van der Waals surface area contributed by atoms with E-state index in [4.69, 9.17) is 5.11 Å². The Morgan fingerprint density at radius 3 is 2.96 bits per heavy atom. The van der Waals surface area contributed by atoms with Gasteiger partial charge in [0.05, 0.1) is 0 Å². The van der Waals surface area contributed by atoms with Gasteiger partial charge in [-0.2, -0.15) is 0 Å². The molecule has 1 unspecified atom stereocenters. The Kier molecular flexibility index (Phi) is 5.92. The Morgan fingerprint density at radius 1 is 1.33 bits per heavy atom. The largest absolute Gasteiger partial charge is 0.384 e. The lowest BCUT2D eigenvalue weighted by Crippen LogP contribution is -2.27. The molecule has 0 bridgehead atoms. The zero-order valence-corrected chi connectivity index (χ0v) is 14.9. The Balaban J connectivity index is 1.49. The first kappa shape index (κ1) is 17.0. The van der Waals surface area contributed by atoms with Gasteiger partial charge in [-0.3, -0.25) is 0 Å². The molecule has 126 valence electrons. The van der Waals surface area contributed by atoms with Gasteiger partial charge in [-0.25, -0.2) is 0 Å². The van der Waals surface area contributed by atoms with Crippen LogP contribution < -0.4 is 4.90 Å². The maximum absolute atomic E-state index is 8.76. The van der Waals surface area contributed by atoms with E-state index in [1.54, 1.807) is 11.3 Å². The number of hydrogen-bond donors (Lipinski definition) is 1. The Labute approximate surface area is 148 Å². The highest BCUT2D eigenvalue weighted by molar-refractivity contribution is 7.10. The molecule has 0 saturated carbocycles. The van der Waals surface area contributed by atoms with E-state index in [2.05, 4.69) is 70.5 Å². The monoisotopic (exact) mass is 340 g/mol. The lowest BCUT2D eigenvalue weighted by Gasteiger charge is -2.22. The smallest absolute Gasteiger partial charge is 0.104 e. The number of aliphatic hydroxyl groups is 1. The Bertz CT molecular complexity index is 701. The molecule has 1 aliphatic heterocycles. The van der Waals surface area contributed by atoms with Crippen LogP contribution in [-0.2, 0) is 6.54 Å². The summed E-state index contributed by atoms with van der Waals surface area (Å²) in [5.41, 5.74) is 2.35. The summed E-state index contributed by atoms with van der Waals surface area (Å²) in [6.07, 6.45) is 1.26. The standard InChI is InChI=1S/C20H24N2OS/c1-21(15-20-12-17(16-24-20)6-5-11-23)13-18-9-10-22(14-18)19-7-3-2-4-8-19/h2-4,7-8,12,16,18,23H,9-11,13-15H2,1H3. The van der Waals surface area contributed by atoms with Crippen LogP contribution >= 0.6 is 11.3 Å². The van der Waals surface area contributed by atoms with E-state index in [-0.39, 0.29) is 6.61 Å². The lowest BCUT2D eigenvalue weighted by atomic mass is 10.1. The van der Waals surface area contributed by atoms with Gasteiger partial charge in [0, 0.05) is 47.7 Å². The molecule has 24 heavy (non-hydrogen) atoms. The minimum Gasteiger partial charge on any atom is -0.384 e. The summed E-state index contributed by atoms with van der Waals surface area (Å²) in [5.74, 6) is 6.40. The van der Waals surface area contributed by atoms with Crippen molar-refractivity contribution in [2.45, 2.75) is 13.0 Å². The Morgan fingerprint density at radius 2 is 2.17 bits per heavy atom. The third kappa shape index (κ3) is 4.61. The van der Waals surface area contributed by atoms with Crippen molar-refractivity contribution in [1.29, 1.82) is 0 Å². The lowest BCUT2D eigenvalue weighted by molar-refractivity contribution is 0.281. The number of rotatable bonds is 5. The van der Waals surface area contributed by atoms with Gasteiger partial charge in [0.2, 0.25) is 0 Å². The first-order chi connectivity index (χ1) is 11.7. The fraction of sp³-hybridized carbons (Fsp3) is 0.400. The summed E-state index contributed by atoms with van der Waals surface area (Å²) < 4.78 is 0. The molecule has 0 radical (unpaired) electrons. The van der Waals surface area contributed by atoms with E-state index in [1.165, 1.54) is 17.0 Å². The molecule has 2 aromatic rings. The summed E-state index contributed by atoms with van der Waals surface area (Å²) in [5, 5.41) is 10.8. The van der Waals surface area contributed by atoms with Crippen LogP contribution in [0.25, 0.3) is 0 Å². The molecule has 4 heteroatoms. The Hall–Kier alpha value is -1.80. The fourth-order valence-corrected chi connectivity index (χ4v) is 4.19. The normalized spacial score (nSPS) is 17.1. The third-order valence-electron chi connectivity index (χ3n) is 4.37. The molecule has 3 rings (SSSR count). The highest BCUT2D eigenvalue weighted by Gasteiger charge is 2.23. The van der Waals surface area contributed by atoms with E-state index in [0.29, 0.717) is 0 Å². The number of benzene rings is 1. The van der Waals surface area contributed by atoms with E-state index in [1.807, 2.05) is 0 Å². The molecule has 2 heterocycles. The van der Waals surface area contributed by atoms with Gasteiger partial charge in [-0.05, 0) is 37.6 Å². The summed E-state index contributed by atoms with van der Waals surface area (Å²) in [6.45, 7) is 4.31. The second-order valence-corrected chi connectivity index (χ2v) is 7.39. The van der Waals surface area contributed by atoms with Gasteiger partial charge in [0.15, 0.2) is 0 Å². The van der Waals surface area contributed by atoms with Crippen LogP contribution in [0.3, 0.4) is 0 Å². The first-order valence-corrected chi connectivity index (χ1v) is 9.28. The second kappa shape index (κ2) is 8.34. The summed E-state index contributed by atoms with van der Waals surface area (Å²) in [4.78, 5) is 6.23. The topological polar surface area (TPSA) is 26.7 Å². The summed E-state index contributed by atoms with van der Waals surface area (Å²) in [7, 11) is 2.20. The minimum absolute atomic E-state index is 0.0787. The molecular formula is C20H24N2OS. The number of nitrogens with zero attached hydrogens (tertiary/aromatic N) is 2. The predicted octanol–water partition coefficient (Wildman–Crippen LogP) is 3.05. The van der Waals surface area contributed by atoms with Crippen molar-refractivity contribution in [2.24, 2.45) is 5.92 Å². The van der Waals surface area contributed by atoms with Gasteiger partial charge in [0.1, 0.15) is 6.61 Å². The average Bonchev–Trinajstić information content (AvgIpc) is 3.23. The quantitative estimate of drug-likeness (QED) is 0.848. The average molecular weight is 340 g/mol. The molecule has 1 fully saturated rings. The van der Waals surface area contributed by atoms with Gasteiger partial charge < -0.3 is 14.9 Å². The molecule has 1 aromatic heterocycles. The van der Waals surface area contributed by atoms with Crippen LogP contribution in [-0.4, -0.2) is 43.3 Å². The molecule has 1 saturated heterocycles. The summed E-state index contributed by atoms with van der Waals surface area (Å²) in [6, 6.07) is 12.8.